The molecule has 1 aromatic rings. The molecule has 0 saturated heterocycles. The minimum absolute atomic E-state index is 0.403. The van der Waals surface area contributed by atoms with Gasteiger partial charge in [-0.25, -0.2) is 9.68 Å². The van der Waals surface area contributed by atoms with Crippen LogP contribution in [0.5, 0.6) is 5.75 Å². The van der Waals surface area contributed by atoms with Crippen LogP contribution in [-0.4, -0.2) is 5.97 Å². The van der Waals surface area contributed by atoms with E-state index in [0.29, 0.717) is 5.75 Å². The second-order valence-electron chi connectivity index (χ2n) is 4.48. The van der Waals surface area contributed by atoms with Crippen molar-refractivity contribution in [2.24, 2.45) is 5.41 Å². The van der Waals surface area contributed by atoms with Crippen LogP contribution < -0.4 is 4.89 Å². The van der Waals surface area contributed by atoms with Crippen LogP contribution in [-0.2, 0) is 9.68 Å². The lowest BCUT2D eigenvalue weighted by molar-refractivity contribution is -0.223. The normalized spacial score (nSPS) is 10.7. The van der Waals surface area contributed by atoms with Gasteiger partial charge in [-0.3, -0.25) is 4.89 Å². The topological polar surface area (TPSA) is 35.5 Å². The fraction of sp³-hybridized carbons (Fsp3) is 0.308. The summed E-state index contributed by atoms with van der Waals surface area (Å²) >= 11 is 0. The third-order valence-corrected chi connectivity index (χ3v) is 1.94. The van der Waals surface area contributed by atoms with Gasteiger partial charge in [0.05, 0.1) is 5.41 Å². The van der Waals surface area contributed by atoms with Crippen LogP contribution in [0.4, 0.5) is 0 Å². The third kappa shape index (κ3) is 3.42. The van der Waals surface area contributed by atoms with Crippen LogP contribution in [0.3, 0.4) is 0 Å². The van der Waals surface area contributed by atoms with Crippen molar-refractivity contribution in [2.45, 2.75) is 20.8 Å². The minimum atomic E-state index is -0.568. The zero-order valence-electron chi connectivity index (χ0n) is 9.82. The zero-order valence-corrected chi connectivity index (χ0v) is 9.82. The number of carbonyl (C=O) groups is 1. The van der Waals surface area contributed by atoms with Gasteiger partial charge in [-0.1, -0.05) is 24.8 Å². The Balaban J connectivity index is 2.55. The highest BCUT2D eigenvalue weighted by atomic mass is 17.2. The summed E-state index contributed by atoms with van der Waals surface area (Å²) < 4.78 is 0. The standard InChI is InChI=1S/C13H16O3/c1-5-10-6-8-11(9-7-10)15-16-12(14)13(2,3)4/h5-9H,1H2,2-4H3. The highest BCUT2D eigenvalue weighted by molar-refractivity contribution is 5.74. The molecule has 16 heavy (non-hydrogen) atoms. The lowest BCUT2D eigenvalue weighted by Gasteiger charge is -2.14. The lowest BCUT2D eigenvalue weighted by atomic mass is 9.98. The van der Waals surface area contributed by atoms with Crippen molar-refractivity contribution in [1.82, 2.24) is 0 Å². The molecule has 0 aliphatic carbocycles. The molecule has 0 heterocycles. The molecule has 1 rings (SSSR count). The first kappa shape index (κ1) is 12.3. The Morgan fingerprint density at radius 3 is 2.25 bits per heavy atom. The second-order valence-corrected chi connectivity index (χ2v) is 4.48. The van der Waals surface area contributed by atoms with Gasteiger partial charge in [0.2, 0.25) is 0 Å². The Morgan fingerprint density at radius 1 is 1.25 bits per heavy atom. The van der Waals surface area contributed by atoms with Crippen LogP contribution in [0.2, 0.25) is 0 Å². The SMILES string of the molecule is C=Cc1ccc(OOC(=O)C(C)(C)C)cc1. The van der Waals surface area contributed by atoms with Crippen molar-refractivity contribution in [3.63, 3.8) is 0 Å². The molecule has 0 amide bonds. The average molecular weight is 220 g/mol. The van der Waals surface area contributed by atoms with Gasteiger partial charge in [0.25, 0.3) is 0 Å². The molecule has 86 valence electrons. The van der Waals surface area contributed by atoms with Crippen LogP contribution in [0.25, 0.3) is 6.08 Å². The van der Waals surface area contributed by atoms with Crippen molar-refractivity contribution < 1.29 is 14.6 Å². The number of hydrogen-bond donors (Lipinski definition) is 0. The van der Waals surface area contributed by atoms with E-state index < -0.39 is 11.4 Å². The highest BCUT2D eigenvalue weighted by Gasteiger charge is 2.24. The number of carbonyl (C=O) groups excluding carboxylic acids is 1. The van der Waals surface area contributed by atoms with Crippen molar-refractivity contribution in [1.29, 1.82) is 0 Å². The molecule has 0 fully saturated rings. The second kappa shape index (κ2) is 4.84. The van der Waals surface area contributed by atoms with E-state index >= 15 is 0 Å². The van der Waals surface area contributed by atoms with Crippen molar-refractivity contribution in [2.75, 3.05) is 0 Å². The van der Waals surface area contributed by atoms with Gasteiger partial charge in [-0.15, -0.1) is 0 Å². The Morgan fingerprint density at radius 2 is 1.81 bits per heavy atom. The van der Waals surface area contributed by atoms with E-state index in [9.17, 15) is 4.79 Å². The molecule has 3 nitrogen and oxygen atoms in total. The number of benzene rings is 1. The Bertz CT molecular complexity index is 371. The highest BCUT2D eigenvalue weighted by Crippen LogP contribution is 2.18. The van der Waals surface area contributed by atoms with Crippen LogP contribution >= 0.6 is 0 Å². The van der Waals surface area contributed by atoms with Gasteiger partial charge < -0.3 is 0 Å². The molecule has 0 spiro atoms. The molecular formula is C13H16O3. The predicted octanol–water partition coefficient (Wildman–Crippen LogP) is 3.21. The number of rotatable bonds is 3. The summed E-state index contributed by atoms with van der Waals surface area (Å²) in [7, 11) is 0. The van der Waals surface area contributed by atoms with Crippen molar-refractivity contribution in [3.8, 4) is 5.75 Å². The fourth-order valence-electron chi connectivity index (χ4n) is 0.870. The van der Waals surface area contributed by atoms with Crippen LogP contribution in [0.15, 0.2) is 30.8 Å². The van der Waals surface area contributed by atoms with Gasteiger partial charge >= 0.3 is 5.97 Å². The van der Waals surface area contributed by atoms with Gasteiger partial charge in [-0.05, 0) is 38.5 Å². The summed E-state index contributed by atoms with van der Waals surface area (Å²) in [5.74, 6) is 0.0866. The summed E-state index contributed by atoms with van der Waals surface area (Å²) in [6, 6.07) is 7.08. The van der Waals surface area contributed by atoms with E-state index in [1.807, 2.05) is 12.1 Å². The van der Waals surface area contributed by atoms with Gasteiger partial charge in [0.15, 0.2) is 5.75 Å². The third-order valence-electron chi connectivity index (χ3n) is 1.94. The summed E-state index contributed by atoms with van der Waals surface area (Å²) in [6.45, 7) is 8.93. The van der Waals surface area contributed by atoms with Crippen LogP contribution in [0, 0.1) is 5.41 Å². The molecule has 0 N–H and O–H groups in total. The molecule has 1 aromatic carbocycles. The van der Waals surface area contributed by atoms with Gasteiger partial charge in [0.1, 0.15) is 0 Å². The molecule has 0 saturated carbocycles. The Labute approximate surface area is 95.6 Å². The molecule has 0 aliphatic rings. The number of hydrogen-bond acceptors (Lipinski definition) is 3. The van der Waals surface area contributed by atoms with Crippen molar-refractivity contribution in [3.05, 3.63) is 36.4 Å². The first-order valence-corrected chi connectivity index (χ1v) is 5.05. The van der Waals surface area contributed by atoms with E-state index in [0.717, 1.165) is 5.56 Å². The van der Waals surface area contributed by atoms with E-state index in [-0.39, 0.29) is 0 Å². The van der Waals surface area contributed by atoms with E-state index in [1.54, 1.807) is 39.0 Å². The largest absolute Gasteiger partial charge is 0.360 e. The van der Waals surface area contributed by atoms with E-state index in [2.05, 4.69) is 6.58 Å². The fourth-order valence-corrected chi connectivity index (χ4v) is 0.870. The maximum atomic E-state index is 11.4. The molecule has 0 bridgehead atoms. The monoisotopic (exact) mass is 220 g/mol. The predicted molar refractivity (Wildman–Crippen MR) is 62.7 cm³/mol. The lowest BCUT2D eigenvalue weighted by Crippen LogP contribution is -2.24. The molecule has 3 heteroatoms. The molecule has 0 aliphatic heterocycles. The van der Waals surface area contributed by atoms with E-state index in [1.165, 1.54) is 0 Å². The quantitative estimate of drug-likeness (QED) is 0.579. The average Bonchev–Trinajstić information content (AvgIpc) is 2.25. The van der Waals surface area contributed by atoms with Gasteiger partial charge in [0, 0.05) is 0 Å². The van der Waals surface area contributed by atoms with Gasteiger partial charge in [-0.2, -0.15) is 0 Å². The first-order chi connectivity index (χ1) is 7.43. The molecule has 0 unspecified atom stereocenters. The minimum Gasteiger partial charge on any atom is -0.287 e. The van der Waals surface area contributed by atoms with E-state index in [4.69, 9.17) is 9.78 Å². The summed E-state index contributed by atoms with van der Waals surface area (Å²) in [5.41, 5.74) is 0.413. The summed E-state index contributed by atoms with van der Waals surface area (Å²) in [6.07, 6.45) is 1.73. The molecule has 0 radical (unpaired) electrons. The van der Waals surface area contributed by atoms with Crippen LogP contribution in [0.1, 0.15) is 26.3 Å². The zero-order chi connectivity index (χ0) is 12.2. The Kier molecular flexibility index (Phi) is 3.72. The maximum absolute atomic E-state index is 11.4. The smallest absolute Gasteiger partial charge is 0.287 e. The first-order valence-electron chi connectivity index (χ1n) is 5.05. The molecule has 0 aromatic heterocycles. The molecule has 0 atom stereocenters. The van der Waals surface area contributed by atoms with Crippen molar-refractivity contribution >= 4 is 12.0 Å². The molecular weight excluding hydrogens is 204 g/mol. The summed E-state index contributed by atoms with van der Waals surface area (Å²) in [5, 5.41) is 0. The Hall–Kier alpha value is -1.77. The summed E-state index contributed by atoms with van der Waals surface area (Å²) in [4.78, 5) is 21.0. The maximum Gasteiger partial charge on any atom is 0.360 e.